The highest BCUT2D eigenvalue weighted by Gasteiger charge is 2.24. The quantitative estimate of drug-likeness (QED) is 0.115. The van der Waals surface area contributed by atoms with E-state index in [1.54, 1.807) is 20.8 Å². The standard InChI is InChI=1S/C11H21N3O5.C11H24N2O3/c1-11(2,3)19-10(18)14-7(8(15)16)5-4-6-13-9(12)17;1-8(2)10(11(15)16)13-9(14)6-4-3-5-7-12/h7H,4-6H2,1-3H3,(H,14,18)(H,15,16)(H3,12,13,17);8-10,13-14H,3-7,12H2,1-2H3,(H,15,16)/t7-;9?,10-/m00/s1. The van der Waals surface area contributed by atoms with Crippen LogP contribution in [0.15, 0.2) is 0 Å². The fourth-order valence-corrected chi connectivity index (χ4v) is 2.72. The van der Waals surface area contributed by atoms with Crippen LogP contribution in [0.4, 0.5) is 9.59 Å². The van der Waals surface area contributed by atoms with Crippen LogP contribution < -0.4 is 27.4 Å². The number of urea groups is 1. The lowest BCUT2D eigenvalue weighted by Gasteiger charge is -2.22. The Kier molecular flexibility index (Phi) is 18.4. The number of aliphatic hydroxyl groups excluding tert-OH is 1. The molecule has 0 aliphatic heterocycles. The summed E-state index contributed by atoms with van der Waals surface area (Å²) >= 11 is 0. The minimum absolute atomic E-state index is 0.0452. The fourth-order valence-electron chi connectivity index (χ4n) is 2.72. The van der Waals surface area contributed by atoms with Gasteiger partial charge in [0.05, 0.1) is 0 Å². The van der Waals surface area contributed by atoms with Gasteiger partial charge in [0.25, 0.3) is 0 Å². The third-order valence-electron chi connectivity index (χ3n) is 4.44. The SMILES string of the molecule is CC(C)(C)OC(=O)N[C@@H](CCCNC(N)=O)C(=O)O.CC(C)[C@H](NC(O)CCCCCN)C(=O)O. The summed E-state index contributed by atoms with van der Waals surface area (Å²) in [7, 11) is 0. The number of nitrogens with one attached hydrogen (secondary N) is 3. The van der Waals surface area contributed by atoms with Gasteiger partial charge in [-0.3, -0.25) is 10.1 Å². The van der Waals surface area contributed by atoms with Crippen molar-refractivity contribution in [1.29, 1.82) is 0 Å². The van der Waals surface area contributed by atoms with E-state index >= 15 is 0 Å². The molecule has 10 N–H and O–H groups in total. The number of carbonyl (C=O) groups is 4. The first-order chi connectivity index (χ1) is 16.1. The maximum absolute atomic E-state index is 11.4. The zero-order valence-corrected chi connectivity index (χ0v) is 21.5. The minimum atomic E-state index is -1.16. The molecule has 0 bridgehead atoms. The molecule has 0 fully saturated rings. The molecule has 13 nitrogen and oxygen atoms in total. The third kappa shape index (κ3) is 21.6. The Balaban J connectivity index is 0. The van der Waals surface area contributed by atoms with E-state index in [1.807, 2.05) is 13.8 Å². The van der Waals surface area contributed by atoms with Crippen LogP contribution in [0.25, 0.3) is 0 Å². The number of hydrogen-bond acceptors (Lipinski definition) is 8. The van der Waals surface area contributed by atoms with E-state index in [9.17, 15) is 24.3 Å². The molecule has 0 heterocycles. The topological polar surface area (TPSA) is 226 Å². The molecule has 3 amide bonds. The van der Waals surface area contributed by atoms with Gasteiger partial charge in [-0.05, 0) is 65.3 Å². The molecule has 0 aromatic rings. The summed E-state index contributed by atoms with van der Waals surface area (Å²) in [6.45, 7) is 9.57. The van der Waals surface area contributed by atoms with Crippen LogP contribution in [0.1, 0.15) is 73.1 Å². The Morgan fingerprint density at radius 3 is 1.97 bits per heavy atom. The fraction of sp³-hybridized carbons (Fsp3) is 0.818. The van der Waals surface area contributed by atoms with E-state index in [2.05, 4.69) is 16.0 Å². The molecular weight excluding hydrogens is 462 g/mol. The largest absolute Gasteiger partial charge is 0.480 e. The minimum Gasteiger partial charge on any atom is -0.480 e. The smallest absolute Gasteiger partial charge is 0.408 e. The summed E-state index contributed by atoms with van der Waals surface area (Å²) in [5, 5.41) is 34.8. The van der Waals surface area contributed by atoms with Crippen molar-refractivity contribution in [2.75, 3.05) is 13.1 Å². The summed E-state index contributed by atoms with van der Waals surface area (Å²) in [6.07, 6.45) is 2.33. The Morgan fingerprint density at radius 1 is 0.943 bits per heavy atom. The van der Waals surface area contributed by atoms with Crippen LogP contribution in [0.5, 0.6) is 0 Å². The van der Waals surface area contributed by atoms with Crippen molar-refractivity contribution in [3.05, 3.63) is 0 Å². The molecule has 0 saturated carbocycles. The summed E-state index contributed by atoms with van der Waals surface area (Å²) in [5.41, 5.74) is 9.52. The van der Waals surface area contributed by atoms with E-state index in [4.69, 9.17) is 26.4 Å². The van der Waals surface area contributed by atoms with Crippen LogP contribution in [-0.4, -0.2) is 76.4 Å². The van der Waals surface area contributed by atoms with Gasteiger partial charge in [-0.25, -0.2) is 14.4 Å². The summed E-state index contributed by atoms with van der Waals surface area (Å²) in [6, 6.07) is -2.43. The van der Waals surface area contributed by atoms with E-state index < -0.39 is 48.0 Å². The molecule has 0 saturated heterocycles. The number of amides is 3. The number of carboxylic acid groups (broad SMARTS) is 2. The lowest BCUT2D eigenvalue weighted by atomic mass is 10.0. The number of ether oxygens (including phenoxy) is 1. The first-order valence-electron chi connectivity index (χ1n) is 11.7. The Hall–Kier alpha value is -2.64. The highest BCUT2D eigenvalue weighted by molar-refractivity contribution is 5.80. The molecule has 1 unspecified atom stereocenters. The average Bonchev–Trinajstić information content (AvgIpc) is 2.70. The van der Waals surface area contributed by atoms with Crippen molar-refractivity contribution in [2.45, 2.75) is 97.1 Å². The van der Waals surface area contributed by atoms with Gasteiger partial charge in [0, 0.05) is 6.54 Å². The molecule has 35 heavy (non-hydrogen) atoms. The second kappa shape index (κ2) is 18.7. The summed E-state index contributed by atoms with van der Waals surface area (Å²) < 4.78 is 4.96. The predicted molar refractivity (Wildman–Crippen MR) is 131 cm³/mol. The predicted octanol–water partition coefficient (Wildman–Crippen LogP) is 0.936. The number of aliphatic hydroxyl groups is 1. The first kappa shape index (κ1) is 34.5. The van der Waals surface area contributed by atoms with Gasteiger partial charge in [-0.1, -0.05) is 20.3 Å². The van der Waals surface area contributed by atoms with Gasteiger partial charge in [0.15, 0.2) is 0 Å². The number of carbonyl (C=O) groups excluding carboxylic acids is 2. The Labute approximate surface area is 207 Å². The van der Waals surface area contributed by atoms with Crippen molar-refractivity contribution in [1.82, 2.24) is 16.0 Å². The maximum atomic E-state index is 11.4. The Bertz CT molecular complexity index is 640. The molecule has 13 heteroatoms. The van der Waals surface area contributed by atoms with Crippen LogP contribution in [-0.2, 0) is 14.3 Å². The normalized spacial score (nSPS) is 13.6. The van der Waals surface area contributed by atoms with E-state index in [0.29, 0.717) is 19.4 Å². The summed E-state index contributed by atoms with van der Waals surface area (Å²) in [4.78, 5) is 43.7. The molecule has 0 aliphatic rings. The van der Waals surface area contributed by atoms with Crippen molar-refractivity contribution < 1.29 is 39.2 Å². The zero-order valence-electron chi connectivity index (χ0n) is 21.5. The maximum Gasteiger partial charge on any atom is 0.408 e. The van der Waals surface area contributed by atoms with Crippen LogP contribution in [0.3, 0.4) is 0 Å². The highest BCUT2D eigenvalue weighted by atomic mass is 16.6. The molecule has 0 rings (SSSR count). The molecule has 0 aromatic heterocycles. The number of carboxylic acids is 2. The molecule has 0 spiro atoms. The third-order valence-corrected chi connectivity index (χ3v) is 4.44. The number of primary amides is 1. The number of rotatable bonds is 15. The van der Waals surface area contributed by atoms with Crippen LogP contribution in [0.2, 0.25) is 0 Å². The van der Waals surface area contributed by atoms with Crippen molar-refractivity contribution in [2.24, 2.45) is 17.4 Å². The molecule has 3 atom stereocenters. The second-order valence-corrected chi connectivity index (χ2v) is 9.35. The summed E-state index contributed by atoms with van der Waals surface area (Å²) in [5.74, 6) is -2.13. The van der Waals surface area contributed by atoms with Gasteiger partial charge in [0.2, 0.25) is 0 Å². The zero-order chi connectivity index (χ0) is 27.6. The number of nitrogens with two attached hydrogens (primary N) is 2. The van der Waals surface area contributed by atoms with Gasteiger partial charge in [-0.15, -0.1) is 0 Å². The second-order valence-electron chi connectivity index (χ2n) is 9.35. The molecular formula is C22H45N5O8. The molecule has 0 aromatic carbocycles. The molecule has 206 valence electrons. The van der Waals surface area contributed by atoms with Crippen LogP contribution in [0, 0.1) is 5.92 Å². The van der Waals surface area contributed by atoms with Gasteiger partial charge >= 0.3 is 24.1 Å². The van der Waals surface area contributed by atoms with Crippen molar-refractivity contribution in [3.8, 4) is 0 Å². The average molecular weight is 508 g/mol. The van der Waals surface area contributed by atoms with Crippen molar-refractivity contribution in [3.63, 3.8) is 0 Å². The lowest BCUT2D eigenvalue weighted by Crippen LogP contribution is -2.46. The van der Waals surface area contributed by atoms with E-state index in [1.165, 1.54) is 0 Å². The first-order valence-corrected chi connectivity index (χ1v) is 11.7. The number of hydrogen-bond donors (Lipinski definition) is 8. The molecule has 0 radical (unpaired) electrons. The monoisotopic (exact) mass is 507 g/mol. The Morgan fingerprint density at radius 2 is 1.54 bits per heavy atom. The van der Waals surface area contributed by atoms with Gasteiger partial charge in [0.1, 0.15) is 23.9 Å². The lowest BCUT2D eigenvalue weighted by molar-refractivity contribution is -0.142. The number of alkyl carbamates (subject to hydrolysis) is 1. The van der Waals surface area contributed by atoms with Gasteiger partial charge < -0.3 is 42.2 Å². The highest BCUT2D eigenvalue weighted by Crippen LogP contribution is 2.08. The van der Waals surface area contributed by atoms with Crippen LogP contribution >= 0.6 is 0 Å². The van der Waals surface area contributed by atoms with E-state index in [0.717, 1.165) is 19.3 Å². The van der Waals surface area contributed by atoms with E-state index in [-0.39, 0.29) is 18.9 Å². The molecule has 0 aliphatic carbocycles. The number of aliphatic carboxylic acids is 2. The number of unbranched alkanes of at least 4 members (excludes halogenated alkanes) is 2. The van der Waals surface area contributed by atoms with Gasteiger partial charge in [-0.2, -0.15) is 0 Å². The van der Waals surface area contributed by atoms with Crippen molar-refractivity contribution >= 4 is 24.1 Å².